The molecule has 7 heteroatoms. The SMILES string of the molecule is CN(Cc1nnc(-c2ccccc2)o1)[C@H]1CCCC[C@@H]1S(C)(=O)=O. The van der Waals surface area contributed by atoms with E-state index in [1.807, 2.05) is 42.3 Å². The summed E-state index contributed by atoms with van der Waals surface area (Å²) in [6.07, 6.45) is 4.98. The molecule has 130 valence electrons. The third-order valence-corrected chi connectivity index (χ3v) is 6.31. The summed E-state index contributed by atoms with van der Waals surface area (Å²) in [5.74, 6) is 0.997. The Balaban J connectivity index is 1.72. The van der Waals surface area contributed by atoms with Crippen molar-refractivity contribution in [3.63, 3.8) is 0 Å². The van der Waals surface area contributed by atoms with Gasteiger partial charge in [-0.3, -0.25) is 4.90 Å². The van der Waals surface area contributed by atoms with Gasteiger partial charge in [-0.1, -0.05) is 31.0 Å². The van der Waals surface area contributed by atoms with Crippen LogP contribution in [0.4, 0.5) is 0 Å². The predicted molar refractivity (Wildman–Crippen MR) is 92.1 cm³/mol. The van der Waals surface area contributed by atoms with Gasteiger partial charge < -0.3 is 4.42 Å². The van der Waals surface area contributed by atoms with Crippen LogP contribution in [0.15, 0.2) is 34.7 Å². The minimum absolute atomic E-state index is 0.000764. The number of aromatic nitrogens is 2. The van der Waals surface area contributed by atoms with Gasteiger partial charge in [-0.05, 0) is 32.0 Å². The molecule has 1 saturated carbocycles. The van der Waals surface area contributed by atoms with Crippen LogP contribution in [0, 0.1) is 0 Å². The average Bonchev–Trinajstić information content (AvgIpc) is 3.03. The largest absolute Gasteiger partial charge is 0.419 e. The molecule has 1 aromatic heterocycles. The van der Waals surface area contributed by atoms with Crippen molar-refractivity contribution in [1.82, 2.24) is 15.1 Å². The van der Waals surface area contributed by atoms with Crippen molar-refractivity contribution in [3.05, 3.63) is 36.2 Å². The fourth-order valence-electron chi connectivity index (χ4n) is 3.43. The van der Waals surface area contributed by atoms with Crippen LogP contribution in [-0.4, -0.2) is 48.1 Å². The van der Waals surface area contributed by atoms with Crippen molar-refractivity contribution in [2.24, 2.45) is 0 Å². The zero-order valence-corrected chi connectivity index (χ0v) is 14.9. The highest BCUT2D eigenvalue weighted by Crippen LogP contribution is 2.28. The van der Waals surface area contributed by atoms with Crippen LogP contribution in [0.1, 0.15) is 31.6 Å². The number of nitrogens with zero attached hydrogens (tertiary/aromatic N) is 3. The molecule has 0 spiro atoms. The highest BCUT2D eigenvalue weighted by atomic mass is 32.2. The summed E-state index contributed by atoms with van der Waals surface area (Å²) >= 11 is 0. The molecule has 0 bridgehead atoms. The van der Waals surface area contributed by atoms with E-state index in [4.69, 9.17) is 4.42 Å². The van der Waals surface area contributed by atoms with Crippen LogP contribution >= 0.6 is 0 Å². The summed E-state index contributed by atoms with van der Waals surface area (Å²) in [5, 5.41) is 7.89. The molecule has 2 atom stereocenters. The summed E-state index contributed by atoms with van der Waals surface area (Å²) in [5.41, 5.74) is 0.880. The topological polar surface area (TPSA) is 76.3 Å². The summed E-state index contributed by atoms with van der Waals surface area (Å²) in [7, 11) is -1.13. The molecule has 0 aliphatic heterocycles. The molecule has 0 unspecified atom stereocenters. The number of benzene rings is 1. The lowest BCUT2D eigenvalue weighted by Crippen LogP contribution is -2.46. The normalized spacial score (nSPS) is 22.0. The molecule has 0 N–H and O–H groups in total. The van der Waals surface area contributed by atoms with E-state index >= 15 is 0 Å². The van der Waals surface area contributed by atoms with Gasteiger partial charge in [0.25, 0.3) is 0 Å². The van der Waals surface area contributed by atoms with Crippen LogP contribution in [0.25, 0.3) is 11.5 Å². The van der Waals surface area contributed by atoms with Gasteiger partial charge in [0.2, 0.25) is 11.8 Å². The standard InChI is InChI=1S/C17H23N3O3S/c1-20(14-10-6-7-11-15(14)24(2,21)22)12-16-18-19-17(23-16)13-8-4-3-5-9-13/h3-5,8-9,14-15H,6-7,10-12H2,1-2H3/t14-,15-/m0/s1. The summed E-state index contributed by atoms with van der Waals surface area (Å²) in [4.78, 5) is 2.03. The highest BCUT2D eigenvalue weighted by molar-refractivity contribution is 7.91. The Hall–Kier alpha value is -1.73. The van der Waals surface area contributed by atoms with Crippen LogP contribution < -0.4 is 0 Å². The second kappa shape index (κ2) is 7.03. The van der Waals surface area contributed by atoms with Crippen molar-refractivity contribution >= 4 is 9.84 Å². The molecular weight excluding hydrogens is 326 g/mol. The van der Waals surface area contributed by atoms with Gasteiger partial charge in [-0.2, -0.15) is 0 Å². The Morgan fingerprint density at radius 3 is 2.58 bits per heavy atom. The van der Waals surface area contributed by atoms with Gasteiger partial charge >= 0.3 is 0 Å². The minimum Gasteiger partial charge on any atom is -0.419 e. The molecule has 3 rings (SSSR count). The van der Waals surface area contributed by atoms with E-state index in [1.54, 1.807) is 0 Å². The first-order chi connectivity index (χ1) is 11.4. The Labute approximate surface area is 142 Å². The van der Waals surface area contributed by atoms with E-state index in [2.05, 4.69) is 10.2 Å². The molecule has 1 aliphatic rings. The molecule has 1 aliphatic carbocycles. The van der Waals surface area contributed by atoms with Crippen molar-refractivity contribution in [1.29, 1.82) is 0 Å². The summed E-state index contributed by atoms with van der Waals surface area (Å²) < 4.78 is 29.9. The molecular formula is C17H23N3O3S. The smallest absolute Gasteiger partial charge is 0.247 e. The van der Waals surface area contributed by atoms with E-state index in [1.165, 1.54) is 6.26 Å². The summed E-state index contributed by atoms with van der Waals surface area (Å²) in [6.45, 7) is 0.455. The van der Waals surface area contributed by atoms with Crippen molar-refractivity contribution in [2.45, 2.75) is 43.5 Å². The zero-order valence-electron chi connectivity index (χ0n) is 14.1. The Kier molecular flexibility index (Phi) is 5.01. The summed E-state index contributed by atoms with van der Waals surface area (Å²) in [6, 6.07) is 9.61. The zero-order chi connectivity index (χ0) is 17.2. The van der Waals surface area contributed by atoms with Crippen LogP contribution in [0.5, 0.6) is 0 Å². The average molecular weight is 349 g/mol. The fourth-order valence-corrected chi connectivity index (χ4v) is 4.94. The first-order valence-corrected chi connectivity index (χ1v) is 10.2. The second-order valence-electron chi connectivity index (χ2n) is 6.50. The molecule has 1 fully saturated rings. The van der Waals surface area contributed by atoms with Gasteiger partial charge in [-0.15, -0.1) is 10.2 Å². The van der Waals surface area contributed by atoms with Crippen LogP contribution in [0.3, 0.4) is 0 Å². The lowest BCUT2D eigenvalue weighted by Gasteiger charge is -2.36. The van der Waals surface area contributed by atoms with Crippen molar-refractivity contribution < 1.29 is 12.8 Å². The van der Waals surface area contributed by atoms with Crippen LogP contribution in [-0.2, 0) is 16.4 Å². The van der Waals surface area contributed by atoms with E-state index in [-0.39, 0.29) is 11.3 Å². The number of sulfone groups is 1. The first-order valence-electron chi connectivity index (χ1n) is 8.22. The van der Waals surface area contributed by atoms with Gasteiger partial charge in [0.15, 0.2) is 9.84 Å². The molecule has 6 nitrogen and oxygen atoms in total. The van der Waals surface area contributed by atoms with E-state index in [0.29, 0.717) is 18.3 Å². The van der Waals surface area contributed by atoms with Gasteiger partial charge in [0.05, 0.1) is 11.8 Å². The maximum atomic E-state index is 12.1. The third-order valence-electron chi connectivity index (χ3n) is 4.66. The fraction of sp³-hybridized carbons (Fsp3) is 0.529. The highest BCUT2D eigenvalue weighted by Gasteiger charge is 2.35. The van der Waals surface area contributed by atoms with Crippen molar-refractivity contribution in [2.75, 3.05) is 13.3 Å². The van der Waals surface area contributed by atoms with Crippen LogP contribution in [0.2, 0.25) is 0 Å². The molecule has 2 aromatic rings. The first kappa shape index (κ1) is 17.1. The molecule has 0 saturated heterocycles. The quantitative estimate of drug-likeness (QED) is 0.825. The number of rotatable bonds is 5. The third kappa shape index (κ3) is 3.84. The van der Waals surface area contributed by atoms with E-state index in [0.717, 1.165) is 31.2 Å². The Morgan fingerprint density at radius 2 is 1.88 bits per heavy atom. The number of hydrogen-bond acceptors (Lipinski definition) is 6. The lowest BCUT2D eigenvalue weighted by molar-refractivity contribution is 0.173. The van der Waals surface area contributed by atoms with Gasteiger partial charge in [0, 0.05) is 17.9 Å². The number of hydrogen-bond donors (Lipinski definition) is 0. The predicted octanol–water partition coefficient (Wildman–Crippen LogP) is 2.52. The maximum Gasteiger partial charge on any atom is 0.247 e. The lowest BCUT2D eigenvalue weighted by atomic mass is 9.94. The molecule has 1 heterocycles. The second-order valence-corrected chi connectivity index (χ2v) is 8.77. The van der Waals surface area contributed by atoms with Crippen molar-refractivity contribution in [3.8, 4) is 11.5 Å². The Morgan fingerprint density at radius 1 is 1.17 bits per heavy atom. The monoisotopic (exact) mass is 349 g/mol. The maximum absolute atomic E-state index is 12.1. The van der Waals surface area contributed by atoms with Gasteiger partial charge in [0.1, 0.15) is 0 Å². The molecule has 0 radical (unpaired) electrons. The van der Waals surface area contributed by atoms with E-state index < -0.39 is 9.84 Å². The molecule has 24 heavy (non-hydrogen) atoms. The minimum atomic E-state index is -3.06. The van der Waals surface area contributed by atoms with Gasteiger partial charge in [-0.25, -0.2) is 8.42 Å². The Bertz CT molecular complexity index is 773. The molecule has 1 aromatic carbocycles. The molecule has 0 amide bonds. The van der Waals surface area contributed by atoms with E-state index in [9.17, 15) is 8.42 Å².